The summed E-state index contributed by atoms with van der Waals surface area (Å²) in [6.07, 6.45) is -4.34. The van der Waals surface area contributed by atoms with Gasteiger partial charge in [-0.05, 0) is 82.0 Å². The Kier molecular flexibility index (Phi) is 8.10. The second kappa shape index (κ2) is 11.6. The first-order valence-corrected chi connectivity index (χ1v) is 14.3. The molecule has 1 aliphatic carbocycles. The van der Waals surface area contributed by atoms with Gasteiger partial charge in [0.2, 0.25) is 0 Å². The van der Waals surface area contributed by atoms with Gasteiger partial charge in [0.05, 0.1) is 30.4 Å². The molecule has 2 heterocycles. The molecule has 0 spiro atoms. The molecule has 0 saturated carbocycles. The summed E-state index contributed by atoms with van der Waals surface area (Å²) < 4.78 is 53.4. The smallest absolute Gasteiger partial charge is 0.418 e. The third-order valence-electron chi connectivity index (χ3n) is 7.53. The zero-order valence-corrected chi connectivity index (χ0v) is 25.0. The first-order chi connectivity index (χ1) is 21.1. The molecule has 0 N–H and O–H groups in total. The number of hydrogen-bond donors (Lipinski definition) is 0. The minimum atomic E-state index is -4.62. The molecule has 2 aromatic carbocycles. The number of esters is 1. The van der Waals surface area contributed by atoms with Crippen molar-refractivity contribution in [2.45, 2.75) is 58.4 Å². The molecule has 1 fully saturated rings. The number of urea groups is 1. The van der Waals surface area contributed by atoms with E-state index in [1.807, 2.05) is 0 Å². The summed E-state index contributed by atoms with van der Waals surface area (Å²) in [7, 11) is 0. The third kappa shape index (κ3) is 5.96. The first-order valence-electron chi connectivity index (χ1n) is 14.3. The number of carbonyl (C=O) groups excluding carboxylic acids is 3. The van der Waals surface area contributed by atoms with Crippen molar-refractivity contribution in [3.63, 3.8) is 0 Å². The summed E-state index contributed by atoms with van der Waals surface area (Å²) in [6.45, 7) is 6.83. The number of fused-ring (bicyclic) bond motifs is 1. The number of amides is 3. The highest BCUT2D eigenvalue weighted by Crippen LogP contribution is 2.41. The Balaban J connectivity index is 1.54. The molecule has 1 unspecified atom stereocenters. The predicted octanol–water partition coefficient (Wildman–Crippen LogP) is 4.91. The summed E-state index contributed by atoms with van der Waals surface area (Å²) in [6, 6.07) is 7.99. The molecular formula is C31H31F3N4O7. The van der Waals surface area contributed by atoms with Crippen LogP contribution in [0.5, 0.6) is 0 Å². The van der Waals surface area contributed by atoms with E-state index < -0.39 is 58.3 Å². The van der Waals surface area contributed by atoms with Crippen molar-refractivity contribution in [1.29, 1.82) is 0 Å². The summed E-state index contributed by atoms with van der Waals surface area (Å²) in [5.74, 6) is -0.992. The van der Waals surface area contributed by atoms with Crippen LogP contribution in [0.15, 0.2) is 58.3 Å². The third-order valence-corrected chi connectivity index (χ3v) is 7.53. The lowest BCUT2D eigenvalue weighted by Gasteiger charge is -2.23. The Morgan fingerprint density at radius 3 is 2.24 bits per heavy atom. The number of anilines is 1. The fourth-order valence-electron chi connectivity index (χ4n) is 5.60. The standard InChI is InChI=1S/C31H31F3N4O7/c1-5-44-26(40)22-17-37(19-11-9-18(10-12-19)35-15-16-36(27(35)41)29(43)45-30(2,3)4)28(42)38(25(22)39)24-14-13-20-21(24)7-6-8-23(20)31(32,33)34/h6-12,17,24H,5,13-16H2,1-4H3. The van der Waals surface area contributed by atoms with Crippen LogP contribution in [0.25, 0.3) is 5.69 Å². The zero-order chi connectivity index (χ0) is 32.8. The highest BCUT2D eigenvalue weighted by molar-refractivity contribution is 6.03. The van der Waals surface area contributed by atoms with Gasteiger partial charge in [-0.25, -0.2) is 24.1 Å². The van der Waals surface area contributed by atoms with Crippen molar-refractivity contribution < 1.29 is 37.0 Å². The van der Waals surface area contributed by atoms with E-state index in [0.717, 1.165) is 26.3 Å². The largest absolute Gasteiger partial charge is 0.462 e. The van der Waals surface area contributed by atoms with Crippen LogP contribution in [0.4, 0.5) is 28.4 Å². The molecule has 14 heteroatoms. The van der Waals surface area contributed by atoms with E-state index in [9.17, 15) is 37.1 Å². The quantitative estimate of drug-likeness (QED) is 0.369. The number of aromatic nitrogens is 2. The van der Waals surface area contributed by atoms with E-state index in [4.69, 9.17) is 9.47 Å². The topological polar surface area (TPSA) is 120 Å². The number of benzene rings is 2. The van der Waals surface area contributed by atoms with Gasteiger partial charge in [-0.2, -0.15) is 13.2 Å². The van der Waals surface area contributed by atoms with Crippen molar-refractivity contribution in [1.82, 2.24) is 14.0 Å². The molecule has 1 atom stereocenters. The maximum absolute atomic E-state index is 13.9. The number of nitrogens with zero attached hydrogens (tertiary/aromatic N) is 4. The van der Waals surface area contributed by atoms with Crippen molar-refractivity contribution >= 4 is 23.8 Å². The lowest BCUT2D eigenvalue weighted by Crippen LogP contribution is -2.44. The summed E-state index contributed by atoms with van der Waals surface area (Å²) in [5.41, 5.74) is -3.16. The lowest BCUT2D eigenvalue weighted by atomic mass is 10.0. The van der Waals surface area contributed by atoms with Gasteiger partial charge in [-0.15, -0.1) is 0 Å². The number of imide groups is 1. The number of ether oxygens (including phenoxy) is 2. The number of rotatable bonds is 5. The lowest BCUT2D eigenvalue weighted by molar-refractivity contribution is -0.138. The van der Waals surface area contributed by atoms with Gasteiger partial charge in [-0.1, -0.05) is 12.1 Å². The van der Waals surface area contributed by atoms with E-state index in [1.54, 1.807) is 27.7 Å². The van der Waals surface area contributed by atoms with Crippen molar-refractivity contribution in [3.8, 4) is 5.69 Å². The number of hydrogen-bond acceptors (Lipinski definition) is 7. The summed E-state index contributed by atoms with van der Waals surface area (Å²) >= 11 is 0. The zero-order valence-electron chi connectivity index (χ0n) is 25.0. The van der Waals surface area contributed by atoms with Gasteiger partial charge in [0.25, 0.3) is 5.56 Å². The van der Waals surface area contributed by atoms with Crippen LogP contribution in [0.1, 0.15) is 67.2 Å². The van der Waals surface area contributed by atoms with E-state index >= 15 is 0 Å². The Labute approximate surface area is 255 Å². The second-order valence-corrected chi connectivity index (χ2v) is 11.6. The Morgan fingerprint density at radius 2 is 1.62 bits per heavy atom. The molecule has 238 valence electrons. The van der Waals surface area contributed by atoms with Gasteiger partial charge >= 0.3 is 30.0 Å². The van der Waals surface area contributed by atoms with E-state index in [0.29, 0.717) is 5.69 Å². The average Bonchev–Trinajstić information content (AvgIpc) is 3.56. The van der Waals surface area contributed by atoms with Crippen LogP contribution in [-0.2, 0) is 22.1 Å². The Morgan fingerprint density at radius 1 is 0.956 bits per heavy atom. The van der Waals surface area contributed by atoms with Gasteiger partial charge < -0.3 is 9.47 Å². The fraction of sp³-hybridized carbons (Fsp3) is 0.387. The van der Waals surface area contributed by atoms with Crippen molar-refractivity contribution in [2.24, 2.45) is 0 Å². The maximum Gasteiger partial charge on any atom is 0.418 e. The number of carbonyl (C=O) groups is 3. The first kappa shape index (κ1) is 31.5. The molecule has 1 saturated heterocycles. The minimum Gasteiger partial charge on any atom is -0.462 e. The van der Waals surface area contributed by atoms with Crippen molar-refractivity contribution in [3.05, 3.63) is 91.8 Å². The molecule has 3 amide bonds. The monoisotopic (exact) mass is 628 g/mol. The molecule has 45 heavy (non-hydrogen) atoms. The number of halogens is 3. The van der Waals surface area contributed by atoms with Gasteiger partial charge in [0.1, 0.15) is 11.2 Å². The van der Waals surface area contributed by atoms with Crippen LogP contribution < -0.4 is 16.1 Å². The summed E-state index contributed by atoms with van der Waals surface area (Å²) in [4.78, 5) is 68.0. The highest BCUT2D eigenvalue weighted by atomic mass is 19.4. The van der Waals surface area contributed by atoms with Gasteiger partial charge in [0, 0.05) is 18.4 Å². The van der Waals surface area contributed by atoms with Crippen LogP contribution in [0, 0.1) is 0 Å². The second-order valence-electron chi connectivity index (χ2n) is 11.6. The normalized spacial score (nSPS) is 16.6. The molecule has 0 radical (unpaired) electrons. The van der Waals surface area contributed by atoms with Crippen LogP contribution in [-0.4, -0.2) is 57.4 Å². The minimum absolute atomic E-state index is 0.00514. The maximum atomic E-state index is 13.9. The van der Waals surface area contributed by atoms with Gasteiger partial charge in [-0.3, -0.25) is 18.8 Å². The fourth-order valence-corrected chi connectivity index (χ4v) is 5.60. The van der Waals surface area contributed by atoms with E-state index in [-0.39, 0.29) is 49.4 Å². The Hall–Kier alpha value is -4.88. The average molecular weight is 629 g/mol. The SMILES string of the molecule is CCOC(=O)c1cn(-c2ccc(N3CCN(C(=O)OC(C)(C)C)C3=O)cc2)c(=O)n(C2CCc3c2cccc3C(F)(F)F)c1=O. The molecule has 3 aromatic rings. The van der Waals surface area contributed by atoms with Crippen molar-refractivity contribution in [2.75, 3.05) is 24.6 Å². The molecular weight excluding hydrogens is 597 g/mol. The molecule has 1 aromatic heterocycles. The Bertz CT molecular complexity index is 1790. The molecule has 5 rings (SSSR count). The number of alkyl halides is 3. The summed E-state index contributed by atoms with van der Waals surface area (Å²) in [5, 5.41) is 0. The van der Waals surface area contributed by atoms with E-state index in [1.165, 1.54) is 41.3 Å². The highest BCUT2D eigenvalue weighted by Gasteiger charge is 2.39. The van der Waals surface area contributed by atoms with E-state index in [2.05, 4.69) is 0 Å². The van der Waals surface area contributed by atoms with Crippen LogP contribution in [0.2, 0.25) is 0 Å². The van der Waals surface area contributed by atoms with Crippen LogP contribution in [0.3, 0.4) is 0 Å². The molecule has 11 nitrogen and oxygen atoms in total. The molecule has 0 bridgehead atoms. The van der Waals surface area contributed by atoms with Gasteiger partial charge in [0.15, 0.2) is 0 Å². The molecule has 1 aliphatic heterocycles. The predicted molar refractivity (Wildman–Crippen MR) is 156 cm³/mol. The van der Waals surface area contributed by atoms with Crippen LogP contribution >= 0.6 is 0 Å². The molecule has 2 aliphatic rings.